The molecule has 0 heterocycles. The van der Waals surface area contributed by atoms with E-state index in [9.17, 15) is 14.4 Å². The molecule has 0 fully saturated rings. The van der Waals surface area contributed by atoms with Gasteiger partial charge in [0.25, 0.3) is 0 Å². The van der Waals surface area contributed by atoms with Gasteiger partial charge in [-0.2, -0.15) is 0 Å². The van der Waals surface area contributed by atoms with Crippen LogP contribution in [0.2, 0.25) is 0 Å². The molecule has 0 aromatic rings. The van der Waals surface area contributed by atoms with Crippen LogP contribution in [0.15, 0.2) is 24.3 Å². The van der Waals surface area contributed by atoms with Crippen molar-refractivity contribution in [1.29, 1.82) is 0 Å². The van der Waals surface area contributed by atoms with Gasteiger partial charge in [0.05, 0.1) is 0 Å². The normalized spacial score (nSPS) is 12.1. The molecule has 1 atom stereocenters. The Hall–Kier alpha value is -2.11. The van der Waals surface area contributed by atoms with E-state index in [0.717, 1.165) is 64.2 Å². The third-order valence-corrected chi connectivity index (χ3v) is 14.4. The standard InChI is InChI=1S/C65H122O6/c1-4-7-10-13-16-19-22-25-27-29-30-31-32-33-34-35-37-38-40-43-46-49-52-55-58-64(67)70-61-62(60-69-63(66)57-54-51-48-45-42-24-21-18-15-12-9-6-3)71-65(68)59-56-53-50-47-44-41-39-36-28-26-23-20-17-14-11-8-5-2/h18,21,26,28,62H,4-17,19-20,22-25,27,29-61H2,1-3H3/b21-18-,28-26-. The Kier molecular flexibility index (Phi) is 58.6. The molecule has 0 spiro atoms. The molecule has 0 amide bonds. The molecule has 1 unspecified atom stereocenters. The van der Waals surface area contributed by atoms with Crippen molar-refractivity contribution in [1.82, 2.24) is 0 Å². The van der Waals surface area contributed by atoms with Gasteiger partial charge in [0.2, 0.25) is 0 Å². The van der Waals surface area contributed by atoms with Gasteiger partial charge >= 0.3 is 17.9 Å². The highest BCUT2D eigenvalue weighted by molar-refractivity contribution is 5.71. The fraction of sp³-hybridized carbons (Fsp3) is 0.892. The van der Waals surface area contributed by atoms with E-state index >= 15 is 0 Å². The van der Waals surface area contributed by atoms with Gasteiger partial charge < -0.3 is 14.2 Å². The van der Waals surface area contributed by atoms with Crippen LogP contribution in [0.4, 0.5) is 0 Å². The van der Waals surface area contributed by atoms with Crippen LogP contribution in [0, 0.1) is 0 Å². The zero-order valence-corrected chi connectivity index (χ0v) is 48.0. The number of rotatable bonds is 59. The van der Waals surface area contributed by atoms with Crippen LogP contribution >= 0.6 is 0 Å². The zero-order valence-electron chi connectivity index (χ0n) is 48.0. The Bertz CT molecular complexity index is 1150. The third-order valence-electron chi connectivity index (χ3n) is 14.4. The van der Waals surface area contributed by atoms with Crippen molar-refractivity contribution < 1.29 is 28.6 Å². The second kappa shape index (κ2) is 60.4. The number of hydrogen-bond acceptors (Lipinski definition) is 6. The van der Waals surface area contributed by atoms with Gasteiger partial charge in [-0.15, -0.1) is 0 Å². The lowest BCUT2D eigenvalue weighted by Gasteiger charge is -2.18. The van der Waals surface area contributed by atoms with E-state index in [4.69, 9.17) is 14.2 Å². The molecule has 418 valence electrons. The van der Waals surface area contributed by atoms with E-state index in [-0.39, 0.29) is 31.1 Å². The van der Waals surface area contributed by atoms with E-state index in [1.54, 1.807) is 0 Å². The first kappa shape index (κ1) is 68.9. The first-order valence-electron chi connectivity index (χ1n) is 31.8. The summed E-state index contributed by atoms with van der Waals surface area (Å²) in [5, 5.41) is 0. The van der Waals surface area contributed by atoms with Crippen molar-refractivity contribution >= 4 is 17.9 Å². The first-order valence-corrected chi connectivity index (χ1v) is 31.8. The summed E-state index contributed by atoms with van der Waals surface area (Å²) < 4.78 is 16.9. The van der Waals surface area contributed by atoms with Gasteiger partial charge in [-0.05, 0) is 70.6 Å². The van der Waals surface area contributed by atoms with Crippen LogP contribution in [0.5, 0.6) is 0 Å². The lowest BCUT2D eigenvalue weighted by Crippen LogP contribution is -2.30. The van der Waals surface area contributed by atoms with Crippen molar-refractivity contribution in [3.63, 3.8) is 0 Å². The van der Waals surface area contributed by atoms with Gasteiger partial charge in [0, 0.05) is 19.3 Å². The molecular formula is C65H122O6. The highest BCUT2D eigenvalue weighted by Crippen LogP contribution is 2.18. The second-order valence-electron chi connectivity index (χ2n) is 21.7. The Labute approximate surface area is 443 Å². The maximum absolute atomic E-state index is 12.9. The minimum Gasteiger partial charge on any atom is -0.462 e. The molecule has 0 aromatic heterocycles. The summed E-state index contributed by atoms with van der Waals surface area (Å²) in [6.07, 6.45) is 71.9. The smallest absolute Gasteiger partial charge is 0.306 e. The fourth-order valence-corrected chi connectivity index (χ4v) is 9.61. The highest BCUT2D eigenvalue weighted by atomic mass is 16.6. The molecule has 0 rings (SSSR count). The molecule has 0 saturated heterocycles. The van der Waals surface area contributed by atoms with E-state index in [1.807, 2.05) is 0 Å². The van der Waals surface area contributed by atoms with Crippen molar-refractivity contribution in [3.05, 3.63) is 24.3 Å². The maximum atomic E-state index is 12.9. The van der Waals surface area contributed by atoms with Gasteiger partial charge in [0.1, 0.15) is 13.2 Å². The number of carbonyl (C=O) groups is 3. The van der Waals surface area contributed by atoms with E-state index < -0.39 is 6.10 Å². The van der Waals surface area contributed by atoms with Crippen LogP contribution in [0.3, 0.4) is 0 Å². The molecule has 0 N–H and O–H groups in total. The number of carbonyl (C=O) groups excluding carboxylic acids is 3. The summed E-state index contributed by atoms with van der Waals surface area (Å²) in [6.45, 7) is 6.66. The predicted molar refractivity (Wildman–Crippen MR) is 307 cm³/mol. The quantitative estimate of drug-likeness (QED) is 0.0261. The average Bonchev–Trinajstić information content (AvgIpc) is 3.37. The second-order valence-corrected chi connectivity index (χ2v) is 21.7. The summed E-state index contributed by atoms with van der Waals surface area (Å²) in [4.78, 5) is 38.2. The van der Waals surface area contributed by atoms with Gasteiger partial charge in [0.15, 0.2) is 6.10 Å². The lowest BCUT2D eigenvalue weighted by molar-refractivity contribution is -0.167. The van der Waals surface area contributed by atoms with Crippen LogP contribution in [-0.4, -0.2) is 37.2 Å². The largest absolute Gasteiger partial charge is 0.462 e. The number of esters is 3. The summed E-state index contributed by atoms with van der Waals surface area (Å²) in [5.41, 5.74) is 0. The van der Waals surface area contributed by atoms with Gasteiger partial charge in [-0.25, -0.2) is 0 Å². The van der Waals surface area contributed by atoms with Gasteiger partial charge in [-0.3, -0.25) is 14.4 Å². The number of allylic oxidation sites excluding steroid dienone is 4. The molecule has 0 bridgehead atoms. The Morgan fingerprint density at radius 2 is 0.465 bits per heavy atom. The minimum absolute atomic E-state index is 0.0709. The Morgan fingerprint density at radius 3 is 0.732 bits per heavy atom. The van der Waals surface area contributed by atoms with E-state index in [2.05, 4.69) is 45.1 Å². The van der Waals surface area contributed by atoms with Crippen molar-refractivity contribution in [2.24, 2.45) is 0 Å². The van der Waals surface area contributed by atoms with Crippen LogP contribution < -0.4 is 0 Å². The monoisotopic (exact) mass is 999 g/mol. The zero-order chi connectivity index (χ0) is 51.4. The molecule has 6 heteroatoms. The minimum atomic E-state index is -0.774. The summed E-state index contributed by atoms with van der Waals surface area (Å²) in [6, 6.07) is 0. The first-order chi connectivity index (χ1) is 35.0. The van der Waals surface area contributed by atoms with E-state index in [0.29, 0.717) is 19.3 Å². The molecule has 0 aliphatic carbocycles. The lowest BCUT2D eigenvalue weighted by atomic mass is 10.0. The maximum Gasteiger partial charge on any atom is 0.306 e. The molecule has 0 aromatic carbocycles. The summed E-state index contributed by atoms with van der Waals surface area (Å²) in [7, 11) is 0. The van der Waals surface area contributed by atoms with E-state index in [1.165, 1.54) is 250 Å². The third kappa shape index (κ3) is 58.7. The summed E-state index contributed by atoms with van der Waals surface area (Å²) >= 11 is 0. The number of ether oxygens (including phenoxy) is 3. The fourth-order valence-electron chi connectivity index (χ4n) is 9.61. The Morgan fingerprint density at radius 1 is 0.268 bits per heavy atom. The van der Waals surface area contributed by atoms with Crippen LogP contribution in [-0.2, 0) is 28.6 Å². The Balaban J connectivity index is 4.22. The topological polar surface area (TPSA) is 78.9 Å². The molecular weight excluding hydrogens is 877 g/mol. The van der Waals surface area contributed by atoms with Crippen LogP contribution in [0.25, 0.3) is 0 Å². The number of unbranched alkanes of at least 4 members (excludes halogenated alkanes) is 44. The SMILES string of the molecule is CCCCC/C=C\CCCCCCCC(=O)OCC(COC(=O)CCCCCCCCCCCCCCCCCCCCCCCCCC)OC(=O)CCCCCCCCC/C=C\CCCCCCCC. The molecule has 0 aliphatic heterocycles. The van der Waals surface area contributed by atoms with Crippen LogP contribution in [0.1, 0.15) is 355 Å². The molecule has 0 radical (unpaired) electrons. The number of hydrogen-bond donors (Lipinski definition) is 0. The van der Waals surface area contributed by atoms with Crippen molar-refractivity contribution in [2.75, 3.05) is 13.2 Å². The molecule has 71 heavy (non-hydrogen) atoms. The molecule has 6 nitrogen and oxygen atoms in total. The summed E-state index contributed by atoms with van der Waals surface area (Å²) in [5.74, 6) is -0.861. The molecule has 0 saturated carbocycles. The molecule has 0 aliphatic rings. The van der Waals surface area contributed by atoms with Crippen molar-refractivity contribution in [2.45, 2.75) is 361 Å². The van der Waals surface area contributed by atoms with Crippen molar-refractivity contribution in [3.8, 4) is 0 Å². The van der Waals surface area contributed by atoms with Gasteiger partial charge in [-0.1, -0.05) is 289 Å². The average molecular weight is 1000 g/mol. The predicted octanol–water partition coefficient (Wildman–Crippen LogP) is 21.4. The highest BCUT2D eigenvalue weighted by Gasteiger charge is 2.19.